The second-order valence-corrected chi connectivity index (χ2v) is 4.15. The van der Waals surface area contributed by atoms with E-state index in [9.17, 15) is 0 Å². The van der Waals surface area contributed by atoms with Crippen molar-refractivity contribution in [2.24, 2.45) is 0 Å². The minimum atomic E-state index is 1.25. The van der Waals surface area contributed by atoms with Gasteiger partial charge in [0.25, 0.3) is 0 Å². The van der Waals surface area contributed by atoms with Crippen LogP contribution in [0.1, 0.15) is 12.8 Å². The predicted molar refractivity (Wildman–Crippen MR) is 87.0 cm³/mol. The third-order valence-corrected chi connectivity index (χ3v) is 2.41. The minimum absolute atomic E-state index is 1.25. The molecule has 1 aliphatic heterocycles. The highest BCUT2D eigenvalue weighted by Gasteiger charge is 1.93. The smallest absolute Gasteiger partial charge is 0.115 e. The van der Waals surface area contributed by atoms with E-state index in [1.807, 2.05) is 18.2 Å². The van der Waals surface area contributed by atoms with E-state index in [0.29, 0.717) is 0 Å². The highest BCUT2D eigenvalue weighted by Crippen LogP contribution is 1.90. The Labute approximate surface area is 131 Å². The lowest BCUT2D eigenvalue weighted by molar-refractivity contribution is 0.857. The summed E-state index contributed by atoms with van der Waals surface area (Å²) >= 11 is 0. The summed E-state index contributed by atoms with van der Waals surface area (Å²) in [5.41, 5.74) is 0. The van der Waals surface area contributed by atoms with Gasteiger partial charge in [0, 0.05) is 37.2 Å². The van der Waals surface area contributed by atoms with Crippen molar-refractivity contribution in [3.8, 4) is 0 Å². The molecule has 4 rings (SSSR count). The summed E-state index contributed by atoms with van der Waals surface area (Å²) in [6.45, 7) is 2.50. The van der Waals surface area contributed by atoms with Crippen LogP contribution in [0, 0.1) is 0 Å². The summed E-state index contributed by atoms with van der Waals surface area (Å²) in [6.07, 6.45) is 16.2. The molecule has 3 aromatic rings. The molecule has 0 spiro atoms. The van der Waals surface area contributed by atoms with E-state index in [2.05, 4.69) is 30.2 Å². The standard InChI is InChI=1S/C5H5N.C4H4N2.C4H9N.C3H4N2/c1-2-4-6-5-3-1;1-2-5-4-6-3-1;1-2-4-5-3-1;1-2-5-3-4-1/h1-5H;1-4H;5H,1-4H2;1-3H,(H,4,5). The highest BCUT2D eigenvalue weighted by atomic mass is 14.9. The summed E-state index contributed by atoms with van der Waals surface area (Å²) in [4.78, 5) is 17.5. The Bertz CT molecular complexity index is 387. The van der Waals surface area contributed by atoms with Crippen molar-refractivity contribution < 1.29 is 0 Å². The number of pyridine rings is 1. The first-order chi connectivity index (χ1) is 11.0. The number of imidazole rings is 1. The average Bonchev–Trinajstić information content (AvgIpc) is 3.37. The Hall–Kier alpha value is -2.60. The molecule has 0 aliphatic carbocycles. The molecule has 0 radical (unpaired) electrons. The molecular formula is C16H22N6. The quantitative estimate of drug-likeness (QED) is 0.666. The third kappa shape index (κ3) is 12.4. The Morgan fingerprint density at radius 1 is 0.636 bits per heavy atom. The van der Waals surface area contributed by atoms with Gasteiger partial charge in [-0.1, -0.05) is 6.07 Å². The Kier molecular flexibility index (Phi) is 11.7. The molecule has 1 aliphatic rings. The molecule has 116 valence electrons. The lowest BCUT2D eigenvalue weighted by atomic mass is 10.4. The SMILES string of the molecule is C1CCNC1.c1c[nH]cn1.c1ccncc1.c1cncnc1. The van der Waals surface area contributed by atoms with Crippen molar-refractivity contribution in [3.63, 3.8) is 0 Å². The largest absolute Gasteiger partial charge is 0.351 e. The van der Waals surface area contributed by atoms with Gasteiger partial charge in [-0.25, -0.2) is 15.0 Å². The Morgan fingerprint density at radius 3 is 1.50 bits per heavy atom. The number of nitrogens with one attached hydrogen (secondary N) is 2. The van der Waals surface area contributed by atoms with Gasteiger partial charge in [-0.05, 0) is 44.1 Å². The van der Waals surface area contributed by atoms with E-state index in [0.717, 1.165) is 0 Å². The van der Waals surface area contributed by atoms with Crippen molar-refractivity contribution in [2.75, 3.05) is 13.1 Å². The van der Waals surface area contributed by atoms with Crippen LogP contribution in [0.5, 0.6) is 0 Å². The zero-order valence-electron chi connectivity index (χ0n) is 12.5. The molecule has 6 nitrogen and oxygen atoms in total. The molecule has 1 saturated heterocycles. The fourth-order valence-electron chi connectivity index (χ4n) is 1.41. The minimum Gasteiger partial charge on any atom is -0.351 e. The third-order valence-electron chi connectivity index (χ3n) is 2.41. The van der Waals surface area contributed by atoms with Crippen molar-refractivity contribution >= 4 is 0 Å². The van der Waals surface area contributed by atoms with Gasteiger partial charge in [-0.15, -0.1) is 0 Å². The number of H-pyrrole nitrogens is 1. The number of hydrogen-bond acceptors (Lipinski definition) is 5. The molecule has 1 fully saturated rings. The van der Waals surface area contributed by atoms with Gasteiger partial charge in [0.2, 0.25) is 0 Å². The first-order valence-electron chi connectivity index (χ1n) is 7.18. The normalized spacial score (nSPS) is 11.6. The van der Waals surface area contributed by atoms with Crippen LogP contribution in [-0.2, 0) is 0 Å². The number of nitrogens with zero attached hydrogens (tertiary/aromatic N) is 4. The molecule has 3 aromatic heterocycles. The first kappa shape index (κ1) is 17.5. The van der Waals surface area contributed by atoms with Gasteiger partial charge in [-0.2, -0.15) is 0 Å². The van der Waals surface area contributed by atoms with Gasteiger partial charge in [0.05, 0.1) is 6.33 Å². The molecule has 0 aromatic carbocycles. The predicted octanol–water partition coefficient (Wildman–Crippen LogP) is 2.34. The van der Waals surface area contributed by atoms with Crippen molar-refractivity contribution in [1.29, 1.82) is 0 Å². The topological polar surface area (TPSA) is 79.4 Å². The zero-order chi connectivity index (χ0) is 15.6. The number of aromatic amines is 1. The van der Waals surface area contributed by atoms with E-state index in [1.165, 1.54) is 32.3 Å². The van der Waals surface area contributed by atoms with E-state index in [-0.39, 0.29) is 0 Å². The molecule has 0 saturated carbocycles. The molecule has 22 heavy (non-hydrogen) atoms. The van der Waals surface area contributed by atoms with Crippen LogP contribution in [0.4, 0.5) is 0 Å². The van der Waals surface area contributed by atoms with Crippen LogP contribution < -0.4 is 5.32 Å². The molecule has 0 amide bonds. The summed E-state index contributed by atoms with van der Waals surface area (Å²) < 4.78 is 0. The van der Waals surface area contributed by atoms with Crippen molar-refractivity contribution in [1.82, 2.24) is 30.2 Å². The van der Waals surface area contributed by atoms with Gasteiger partial charge in [0.1, 0.15) is 6.33 Å². The van der Waals surface area contributed by atoms with Gasteiger partial charge in [-0.3, -0.25) is 4.98 Å². The molecule has 4 heterocycles. The maximum absolute atomic E-state index is 3.78. The molecule has 0 bridgehead atoms. The summed E-state index contributed by atoms with van der Waals surface area (Å²) in [6, 6.07) is 7.49. The lowest BCUT2D eigenvalue weighted by Crippen LogP contribution is -2.03. The Morgan fingerprint density at radius 2 is 1.32 bits per heavy atom. The monoisotopic (exact) mass is 298 g/mol. The van der Waals surface area contributed by atoms with Gasteiger partial charge in [0.15, 0.2) is 0 Å². The second kappa shape index (κ2) is 14.8. The second-order valence-electron chi connectivity index (χ2n) is 4.15. The maximum Gasteiger partial charge on any atom is 0.115 e. The Balaban J connectivity index is 0.000000147. The molecular weight excluding hydrogens is 276 g/mol. The van der Waals surface area contributed by atoms with E-state index >= 15 is 0 Å². The van der Waals surface area contributed by atoms with Gasteiger partial charge >= 0.3 is 0 Å². The molecule has 6 heteroatoms. The van der Waals surface area contributed by atoms with E-state index in [1.54, 1.807) is 49.6 Å². The molecule has 0 atom stereocenters. The summed E-state index contributed by atoms with van der Waals surface area (Å²) in [7, 11) is 0. The summed E-state index contributed by atoms with van der Waals surface area (Å²) in [5, 5.41) is 3.22. The van der Waals surface area contributed by atoms with Crippen molar-refractivity contribution in [2.45, 2.75) is 12.8 Å². The van der Waals surface area contributed by atoms with Crippen LogP contribution in [0.2, 0.25) is 0 Å². The summed E-state index contributed by atoms with van der Waals surface area (Å²) in [5.74, 6) is 0. The van der Waals surface area contributed by atoms with Crippen molar-refractivity contribution in [3.05, 3.63) is 74.1 Å². The van der Waals surface area contributed by atoms with Crippen LogP contribution in [0.25, 0.3) is 0 Å². The van der Waals surface area contributed by atoms with Gasteiger partial charge < -0.3 is 10.3 Å². The van der Waals surface area contributed by atoms with E-state index in [4.69, 9.17) is 0 Å². The van der Waals surface area contributed by atoms with Crippen LogP contribution >= 0.6 is 0 Å². The first-order valence-corrected chi connectivity index (χ1v) is 7.18. The number of rotatable bonds is 0. The van der Waals surface area contributed by atoms with Crippen LogP contribution in [0.15, 0.2) is 74.1 Å². The fraction of sp³-hybridized carbons (Fsp3) is 0.250. The molecule has 0 unspecified atom stereocenters. The maximum atomic E-state index is 3.78. The average molecular weight is 298 g/mol. The van der Waals surface area contributed by atoms with Crippen LogP contribution in [-0.4, -0.2) is 38.0 Å². The number of aromatic nitrogens is 5. The number of hydrogen-bond donors (Lipinski definition) is 2. The lowest BCUT2D eigenvalue weighted by Gasteiger charge is -1.76. The van der Waals surface area contributed by atoms with E-state index < -0.39 is 0 Å². The molecule has 2 N–H and O–H groups in total. The fourth-order valence-corrected chi connectivity index (χ4v) is 1.41. The zero-order valence-corrected chi connectivity index (χ0v) is 12.5. The highest BCUT2D eigenvalue weighted by molar-refractivity contribution is 4.88. The van der Waals surface area contributed by atoms with Crippen LogP contribution in [0.3, 0.4) is 0 Å².